The summed E-state index contributed by atoms with van der Waals surface area (Å²) in [4.78, 5) is 37.3. The Balaban J connectivity index is 1.38. The van der Waals surface area contributed by atoms with E-state index in [0.717, 1.165) is 16.8 Å². The van der Waals surface area contributed by atoms with Gasteiger partial charge in [-0.25, -0.2) is 14.2 Å². The number of carbonyl (C=O) groups is 2. The van der Waals surface area contributed by atoms with Gasteiger partial charge < -0.3 is 29.4 Å². The van der Waals surface area contributed by atoms with Gasteiger partial charge in [0.1, 0.15) is 16.9 Å². The van der Waals surface area contributed by atoms with Gasteiger partial charge in [-0.1, -0.05) is 0 Å². The van der Waals surface area contributed by atoms with Crippen LogP contribution in [-0.2, 0) is 11.8 Å². The van der Waals surface area contributed by atoms with E-state index in [4.69, 9.17) is 4.74 Å². The smallest absolute Gasteiger partial charge is 0.410 e. The number of aromatic amines is 1. The number of aryl methyl sites for hydroxylation is 3. The number of aromatic nitrogens is 3. The molecule has 0 bridgehead atoms. The van der Waals surface area contributed by atoms with Gasteiger partial charge in [0.05, 0.1) is 16.6 Å². The first-order valence-corrected chi connectivity index (χ1v) is 12.7. The van der Waals surface area contributed by atoms with E-state index in [0.29, 0.717) is 54.3 Å². The number of H-pyrrole nitrogens is 1. The van der Waals surface area contributed by atoms with Crippen LogP contribution >= 0.6 is 0 Å². The van der Waals surface area contributed by atoms with Crippen LogP contribution in [0, 0.1) is 19.7 Å². The van der Waals surface area contributed by atoms with Crippen LogP contribution in [0.15, 0.2) is 30.3 Å². The molecule has 1 aliphatic heterocycles. The van der Waals surface area contributed by atoms with E-state index in [-0.39, 0.29) is 17.5 Å². The molecule has 0 radical (unpaired) electrons. The Morgan fingerprint density at radius 1 is 1.08 bits per heavy atom. The molecule has 2 amide bonds. The first-order chi connectivity index (χ1) is 17.9. The largest absolute Gasteiger partial charge is 0.444 e. The first kappa shape index (κ1) is 25.6. The zero-order valence-corrected chi connectivity index (χ0v) is 22.6. The molecule has 2 N–H and O–H groups in total. The summed E-state index contributed by atoms with van der Waals surface area (Å²) in [5, 5.41) is 3.77. The molecule has 1 fully saturated rings. The fraction of sp³-hybridized carbons (Fsp3) is 0.393. The highest BCUT2D eigenvalue weighted by Crippen LogP contribution is 2.32. The molecule has 0 unspecified atom stereocenters. The number of nitrogens with zero attached hydrogens (tertiary/aromatic N) is 4. The average Bonchev–Trinajstić information content (AvgIpc) is 3.37. The van der Waals surface area contributed by atoms with Crippen LogP contribution in [0.25, 0.3) is 21.9 Å². The zero-order chi connectivity index (χ0) is 27.4. The predicted octanol–water partition coefficient (Wildman–Crippen LogP) is 5.12. The van der Waals surface area contributed by atoms with Crippen LogP contribution in [0.5, 0.6) is 0 Å². The molecular formula is C28H33FN6O3. The Labute approximate surface area is 220 Å². The molecule has 4 aromatic rings. The Kier molecular flexibility index (Phi) is 6.28. The van der Waals surface area contributed by atoms with Crippen molar-refractivity contribution in [1.29, 1.82) is 0 Å². The number of rotatable bonds is 3. The second-order valence-corrected chi connectivity index (χ2v) is 10.8. The highest BCUT2D eigenvalue weighted by molar-refractivity contribution is 6.14. The quantitative estimate of drug-likeness (QED) is 0.391. The number of halogens is 1. The average molecular weight is 521 g/mol. The van der Waals surface area contributed by atoms with Crippen LogP contribution in [-0.4, -0.2) is 63.2 Å². The number of piperazine rings is 1. The SMILES string of the molecule is Cc1cc2c(N3CCN(C(=O)OC(C)(C)C)CC3)ccc(C(=O)Nc3cc(F)c4nc(C)n(C)c4c3)c2[nH]1. The number of anilines is 2. The molecule has 3 heterocycles. The lowest BCUT2D eigenvalue weighted by Crippen LogP contribution is -2.50. The molecule has 2 aromatic heterocycles. The molecule has 200 valence electrons. The number of imidazole rings is 1. The second-order valence-electron chi connectivity index (χ2n) is 10.8. The third kappa shape index (κ3) is 4.78. The van der Waals surface area contributed by atoms with E-state index in [9.17, 15) is 14.0 Å². The van der Waals surface area contributed by atoms with Crippen LogP contribution in [0.4, 0.5) is 20.6 Å². The van der Waals surface area contributed by atoms with Crippen molar-refractivity contribution in [3.05, 3.63) is 53.2 Å². The Hall–Kier alpha value is -4.08. The summed E-state index contributed by atoms with van der Waals surface area (Å²) in [6.45, 7) is 11.7. The Morgan fingerprint density at radius 2 is 1.79 bits per heavy atom. The number of carbonyl (C=O) groups excluding carboxylic acids is 2. The maximum absolute atomic E-state index is 14.7. The second kappa shape index (κ2) is 9.34. The van der Waals surface area contributed by atoms with E-state index in [1.165, 1.54) is 6.07 Å². The van der Waals surface area contributed by atoms with Crippen molar-refractivity contribution < 1.29 is 18.7 Å². The highest BCUT2D eigenvalue weighted by atomic mass is 19.1. The lowest BCUT2D eigenvalue weighted by atomic mass is 10.1. The van der Waals surface area contributed by atoms with Crippen LogP contribution < -0.4 is 10.2 Å². The van der Waals surface area contributed by atoms with Crippen LogP contribution in [0.3, 0.4) is 0 Å². The van der Waals surface area contributed by atoms with E-state index >= 15 is 0 Å². The summed E-state index contributed by atoms with van der Waals surface area (Å²) < 4.78 is 22.0. The van der Waals surface area contributed by atoms with Gasteiger partial charge in [0.15, 0.2) is 5.82 Å². The van der Waals surface area contributed by atoms with Crippen molar-refractivity contribution in [2.45, 2.75) is 40.2 Å². The molecule has 9 nitrogen and oxygen atoms in total. The maximum atomic E-state index is 14.7. The molecule has 0 saturated carbocycles. The highest BCUT2D eigenvalue weighted by Gasteiger charge is 2.27. The van der Waals surface area contributed by atoms with Gasteiger partial charge in [0, 0.05) is 55.7 Å². The van der Waals surface area contributed by atoms with Crippen LogP contribution in [0.2, 0.25) is 0 Å². The van der Waals surface area contributed by atoms with Gasteiger partial charge in [0.25, 0.3) is 5.91 Å². The molecular weight excluding hydrogens is 487 g/mol. The molecule has 2 aromatic carbocycles. The minimum atomic E-state index is -0.534. The molecule has 0 spiro atoms. The lowest BCUT2D eigenvalue weighted by molar-refractivity contribution is 0.0240. The molecule has 38 heavy (non-hydrogen) atoms. The standard InChI is InChI=1S/C28H33FN6O3/c1-16-13-20-22(34-9-11-35(12-10-34)27(37)38-28(3,4)5)8-7-19(24(20)30-16)26(36)32-18-14-21(29)25-23(15-18)33(6)17(2)31-25/h7-8,13-15,30H,9-12H2,1-6H3,(H,32,36). The van der Waals surface area contributed by atoms with Gasteiger partial charge in [-0.3, -0.25) is 4.79 Å². The maximum Gasteiger partial charge on any atom is 0.410 e. The summed E-state index contributed by atoms with van der Waals surface area (Å²) in [6, 6.07) is 8.76. The minimum absolute atomic E-state index is 0.279. The number of ether oxygens (including phenoxy) is 1. The number of fused-ring (bicyclic) bond motifs is 2. The topological polar surface area (TPSA) is 95.5 Å². The van der Waals surface area contributed by atoms with Gasteiger partial charge in [0.2, 0.25) is 0 Å². The van der Waals surface area contributed by atoms with E-state index in [1.54, 1.807) is 28.5 Å². The molecule has 5 rings (SSSR count). The minimum Gasteiger partial charge on any atom is -0.444 e. The van der Waals surface area contributed by atoms with E-state index in [1.807, 2.05) is 46.9 Å². The summed E-state index contributed by atoms with van der Waals surface area (Å²) in [5.74, 6) is -0.132. The number of hydrogen-bond donors (Lipinski definition) is 2. The van der Waals surface area contributed by atoms with Gasteiger partial charge in [-0.05, 0) is 65.0 Å². The summed E-state index contributed by atoms with van der Waals surface area (Å²) >= 11 is 0. The van der Waals surface area contributed by atoms with Crippen molar-refractivity contribution in [3.63, 3.8) is 0 Å². The van der Waals surface area contributed by atoms with E-state index in [2.05, 4.69) is 20.2 Å². The predicted molar refractivity (Wildman–Crippen MR) is 146 cm³/mol. The van der Waals surface area contributed by atoms with Crippen molar-refractivity contribution >= 4 is 45.3 Å². The van der Waals surface area contributed by atoms with E-state index < -0.39 is 11.4 Å². The molecule has 1 saturated heterocycles. The third-order valence-electron chi connectivity index (χ3n) is 6.84. The fourth-order valence-electron chi connectivity index (χ4n) is 4.89. The molecule has 10 heteroatoms. The van der Waals surface area contributed by atoms with Crippen molar-refractivity contribution in [2.24, 2.45) is 7.05 Å². The van der Waals surface area contributed by atoms with Crippen molar-refractivity contribution in [3.8, 4) is 0 Å². The monoisotopic (exact) mass is 520 g/mol. The zero-order valence-electron chi connectivity index (χ0n) is 22.6. The number of nitrogens with one attached hydrogen (secondary N) is 2. The summed E-state index contributed by atoms with van der Waals surface area (Å²) in [5.41, 5.74) is 3.81. The van der Waals surface area contributed by atoms with Gasteiger partial charge >= 0.3 is 6.09 Å². The van der Waals surface area contributed by atoms with Crippen molar-refractivity contribution in [1.82, 2.24) is 19.4 Å². The molecule has 0 atom stereocenters. The lowest BCUT2D eigenvalue weighted by Gasteiger charge is -2.37. The first-order valence-electron chi connectivity index (χ1n) is 12.7. The third-order valence-corrected chi connectivity index (χ3v) is 6.84. The van der Waals surface area contributed by atoms with Crippen LogP contribution in [0.1, 0.15) is 42.6 Å². The molecule has 1 aliphatic rings. The number of benzene rings is 2. The molecule has 0 aliphatic carbocycles. The van der Waals surface area contributed by atoms with Crippen molar-refractivity contribution in [2.75, 3.05) is 36.4 Å². The summed E-state index contributed by atoms with van der Waals surface area (Å²) in [6.07, 6.45) is -0.303. The van der Waals surface area contributed by atoms with Gasteiger partial charge in [-0.2, -0.15) is 0 Å². The Bertz CT molecular complexity index is 1560. The summed E-state index contributed by atoms with van der Waals surface area (Å²) in [7, 11) is 1.81. The normalized spacial score (nSPS) is 14.4. The number of amides is 2. The fourth-order valence-corrected chi connectivity index (χ4v) is 4.89. The Morgan fingerprint density at radius 3 is 2.47 bits per heavy atom. The van der Waals surface area contributed by atoms with Gasteiger partial charge in [-0.15, -0.1) is 0 Å². The number of hydrogen-bond acceptors (Lipinski definition) is 5.